The summed E-state index contributed by atoms with van der Waals surface area (Å²) < 4.78 is 28.5. The van der Waals surface area contributed by atoms with Crippen molar-refractivity contribution in [3.63, 3.8) is 0 Å². The molecule has 0 radical (unpaired) electrons. The number of anilines is 2. The number of para-hydroxylation sites is 2. The third-order valence-electron chi connectivity index (χ3n) is 6.65. The molecular formula is C29H33N3O4S. The summed E-state index contributed by atoms with van der Waals surface area (Å²) in [7, 11) is -4.03. The number of carbonyl (C=O) groups excluding carboxylic acids is 2. The number of aryl methyl sites for hydroxylation is 1. The molecule has 194 valence electrons. The van der Waals surface area contributed by atoms with Crippen LogP contribution in [0.25, 0.3) is 0 Å². The van der Waals surface area contributed by atoms with E-state index in [1.165, 1.54) is 18.6 Å². The fraction of sp³-hybridized carbons (Fsp3) is 0.310. The standard InChI is InChI=1S/C29H33N3O4S/c1-2-22-13-9-12-20-27(22)32(37(35,36)24-16-7-4-8-17-24)21-28(33)31-26-19-11-10-18-25(26)29(34)30-23-14-5-3-6-15-23/h4,7-13,16-20,23H,2-3,5-6,14-15,21H2,1H3,(H,30,34)(H,31,33). The minimum Gasteiger partial charge on any atom is -0.349 e. The molecule has 0 aliphatic heterocycles. The number of nitrogens with zero attached hydrogens (tertiary/aromatic N) is 1. The summed E-state index contributed by atoms with van der Waals surface area (Å²) in [6, 6.07) is 22.2. The number of carbonyl (C=O) groups is 2. The lowest BCUT2D eigenvalue weighted by molar-refractivity contribution is -0.114. The first-order valence-corrected chi connectivity index (χ1v) is 14.2. The first kappa shape index (κ1) is 26.4. The Morgan fingerprint density at radius 3 is 2.24 bits per heavy atom. The van der Waals surface area contributed by atoms with E-state index in [9.17, 15) is 18.0 Å². The van der Waals surface area contributed by atoms with Gasteiger partial charge in [0.15, 0.2) is 0 Å². The zero-order valence-corrected chi connectivity index (χ0v) is 21.8. The molecule has 1 aliphatic rings. The van der Waals surface area contributed by atoms with Gasteiger partial charge in [0.25, 0.3) is 15.9 Å². The summed E-state index contributed by atoms with van der Waals surface area (Å²) in [5, 5.41) is 5.86. The summed E-state index contributed by atoms with van der Waals surface area (Å²) in [5.41, 5.74) is 1.96. The minimum atomic E-state index is -4.03. The van der Waals surface area contributed by atoms with Crippen LogP contribution in [0.4, 0.5) is 11.4 Å². The zero-order valence-electron chi connectivity index (χ0n) is 21.0. The van der Waals surface area contributed by atoms with Crippen molar-refractivity contribution in [1.29, 1.82) is 0 Å². The highest BCUT2D eigenvalue weighted by atomic mass is 32.2. The molecule has 0 aromatic heterocycles. The van der Waals surface area contributed by atoms with E-state index < -0.39 is 22.5 Å². The van der Waals surface area contributed by atoms with E-state index in [2.05, 4.69) is 10.6 Å². The minimum absolute atomic E-state index is 0.0981. The predicted octanol–water partition coefficient (Wildman–Crippen LogP) is 5.15. The maximum Gasteiger partial charge on any atom is 0.264 e. The van der Waals surface area contributed by atoms with Gasteiger partial charge >= 0.3 is 0 Å². The van der Waals surface area contributed by atoms with E-state index in [-0.39, 0.29) is 16.8 Å². The van der Waals surface area contributed by atoms with E-state index in [1.54, 1.807) is 54.6 Å². The number of amides is 2. The topological polar surface area (TPSA) is 95.6 Å². The average molecular weight is 520 g/mol. The molecule has 3 aromatic rings. The molecule has 0 unspecified atom stereocenters. The first-order chi connectivity index (χ1) is 17.9. The highest BCUT2D eigenvalue weighted by Crippen LogP contribution is 2.28. The lowest BCUT2D eigenvalue weighted by Gasteiger charge is -2.26. The van der Waals surface area contributed by atoms with Gasteiger partial charge in [0.05, 0.1) is 21.8 Å². The molecule has 3 aromatic carbocycles. The quantitative estimate of drug-likeness (QED) is 0.409. The molecule has 0 saturated heterocycles. The second-order valence-corrected chi connectivity index (χ2v) is 11.1. The molecule has 8 heteroatoms. The molecule has 1 fully saturated rings. The number of nitrogens with one attached hydrogen (secondary N) is 2. The molecular weight excluding hydrogens is 486 g/mol. The van der Waals surface area contributed by atoms with Gasteiger partial charge in [0.2, 0.25) is 5.91 Å². The van der Waals surface area contributed by atoms with Crippen LogP contribution in [0.5, 0.6) is 0 Å². The second kappa shape index (κ2) is 12.1. The second-order valence-electron chi connectivity index (χ2n) is 9.21. The SMILES string of the molecule is CCc1ccccc1N(CC(=O)Nc1ccccc1C(=O)NC1CCCCC1)S(=O)(=O)c1ccccc1. The Labute approximate surface area is 218 Å². The van der Waals surface area contributed by atoms with Gasteiger partial charge in [-0.3, -0.25) is 13.9 Å². The molecule has 0 spiro atoms. The Balaban J connectivity index is 1.59. The molecule has 2 N–H and O–H groups in total. The van der Waals surface area contributed by atoms with E-state index in [0.717, 1.165) is 35.6 Å². The number of rotatable bonds is 9. The van der Waals surface area contributed by atoms with Crippen LogP contribution in [-0.2, 0) is 21.2 Å². The van der Waals surface area contributed by atoms with Crippen LogP contribution in [0.3, 0.4) is 0 Å². The van der Waals surface area contributed by atoms with Gasteiger partial charge in [0.1, 0.15) is 6.54 Å². The van der Waals surface area contributed by atoms with Gasteiger partial charge in [-0.05, 0) is 55.2 Å². The van der Waals surface area contributed by atoms with Gasteiger partial charge in [-0.15, -0.1) is 0 Å². The van der Waals surface area contributed by atoms with Gasteiger partial charge in [-0.1, -0.05) is 74.7 Å². The molecule has 0 bridgehead atoms. The van der Waals surface area contributed by atoms with Crippen LogP contribution in [0.2, 0.25) is 0 Å². The lowest BCUT2D eigenvalue weighted by Crippen LogP contribution is -2.39. The third-order valence-corrected chi connectivity index (χ3v) is 8.42. The monoisotopic (exact) mass is 519 g/mol. The number of hydrogen-bond donors (Lipinski definition) is 2. The van der Waals surface area contributed by atoms with Crippen molar-refractivity contribution in [2.75, 3.05) is 16.2 Å². The molecule has 7 nitrogen and oxygen atoms in total. The Kier molecular flexibility index (Phi) is 8.61. The highest BCUT2D eigenvalue weighted by Gasteiger charge is 2.29. The van der Waals surface area contributed by atoms with E-state index in [1.807, 2.05) is 19.1 Å². The van der Waals surface area contributed by atoms with Crippen LogP contribution in [-0.4, -0.2) is 32.8 Å². The van der Waals surface area contributed by atoms with E-state index in [0.29, 0.717) is 23.4 Å². The molecule has 4 rings (SSSR count). The maximum absolute atomic E-state index is 13.7. The Morgan fingerprint density at radius 2 is 1.51 bits per heavy atom. The molecule has 0 atom stereocenters. The summed E-state index contributed by atoms with van der Waals surface area (Å²) in [5.74, 6) is -0.781. The summed E-state index contributed by atoms with van der Waals surface area (Å²) in [4.78, 5) is 26.4. The van der Waals surface area contributed by atoms with Crippen LogP contribution in [0, 0.1) is 0 Å². The van der Waals surface area contributed by atoms with Crippen molar-refractivity contribution in [3.8, 4) is 0 Å². The fourth-order valence-corrected chi connectivity index (χ4v) is 6.17. The number of benzene rings is 3. The van der Waals surface area contributed by atoms with E-state index >= 15 is 0 Å². The van der Waals surface area contributed by atoms with Crippen LogP contribution >= 0.6 is 0 Å². The summed E-state index contributed by atoms with van der Waals surface area (Å²) in [6.45, 7) is 1.50. The average Bonchev–Trinajstić information content (AvgIpc) is 2.93. The largest absolute Gasteiger partial charge is 0.349 e. The van der Waals surface area contributed by atoms with Crippen LogP contribution in [0.15, 0.2) is 83.8 Å². The smallest absolute Gasteiger partial charge is 0.264 e. The van der Waals surface area contributed by atoms with Gasteiger partial charge in [-0.25, -0.2) is 8.42 Å². The van der Waals surface area contributed by atoms with Crippen molar-refractivity contribution >= 4 is 33.2 Å². The van der Waals surface area contributed by atoms with Crippen LogP contribution in [0.1, 0.15) is 54.9 Å². The molecule has 37 heavy (non-hydrogen) atoms. The van der Waals surface area contributed by atoms with E-state index in [4.69, 9.17) is 0 Å². The maximum atomic E-state index is 13.7. The van der Waals surface area contributed by atoms with Gasteiger partial charge < -0.3 is 10.6 Å². The Hall–Kier alpha value is -3.65. The van der Waals surface area contributed by atoms with Crippen molar-refractivity contribution in [3.05, 3.63) is 90.0 Å². The normalized spacial score (nSPS) is 14.1. The summed E-state index contributed by atoms with van der Waals surface area (Å²) in [6.07, 6.45) is 5.86. The predicted molar refractivity (Wildman–Crippen MR) is 146 cm³/mol. The van der Waals surface area contributed by atoms with Crippen molar-refractivity contribution < 1.29 is 18.0 Å². The zero-order chi connectivity index (χ0) is 26.3. The van der Waals surface area contributed by atoms with Gasteiger partial charge in [-0.2, -0.15) is 0 Å². The first-order valence-electron chi connectivity index (χ1n) is 12.8. The van der Waals surface area contributed by atoms with Crippen molar-refractivity contribution in [2.24, 2.45) is 0 Å². The summed E-state index contributed by atoms with van der Waals surface area (Å²) >= 11 is 0. The van der Waals surface area contributed by atoms with Crippen molar-refractivity contribution in [2.45, 2.75) is 56.4 Å². The molecule has 0 heterocycles. The molecule has 2 amide bonds. The van der Waals surface area contributed by atoms with Gasteiger partial charge in [0, 0.05) is 6.04 Å². The fourth-order valence-electron chi connectivity index (χ4n) is 4.69. The lowest BCUT2D eigenvalue weighted by atomic mass is 9.95. The number of hydrogen-bond acceptors (Lipinski definition) is 4. The van der Waals surface area contributed by atoms with Crippen LogP contribution < -0.4 is 14.9 Å². The number of sulfonamides is 1. The molecule has 1 saturated carbocycles. The Morgan fingerprint density at radius 1 is 0.865 bits per heavy atom. The highest BCUT2D eigenvalue weighted by molar-refractivity contribution is 7.92. The molecule has 1 aliphatic carbocycles. The van der Waals surface area contributed by atoms with Crippen molar-refractivity contribution in [1.82, 2.24) is 5.32 Å². The third kappa shape index (κ3) is 6.38. The Bertz CT molecular complexity index is 1340.